The second-order valence-corrected chi connectivity index (χ2v) is 3.17. The smallest absolute Gasteiger partial charge is 0.129 e. The van der Waals surface area contributed by atoms with Crippen molar-refractivity contribution < 1.29 is 18.6 Å². The predicted molar refractivity (Wildman–Crippen MR) is 52.4 cm³/mol. The van der Waals surface area contributed by atoms with Gasteiger partial charge in [-0.3, -0.25) is 0 Å². The maximum absolute atomic E-state index is 13.2. The van der Waals surface area contributed by atoms with Crippen LogP contribution in [0.2, 0.25) is 0 Å². The molecule has 1 N–H and O–H groups in total. The molecule has 0 spiro atoms. The summed E-state index contributed by atoms with van der Waals surface area (Å²) in [5.41, 5.74) is -0.0188. The van der Waals surface area contributed by atoms with Crippen LogP contribution in [-0.4, -0.2) is 18.3 Å². The average molecular weight is 216 g/mol. The van der Waals surface area contributed by atoms with Crippen LogP contribution in [0.1, 0.15) is 25.0 Å². The molecule has 1 rings (SSSR count). The van der Waals surface area contributed by atoms with Crippen LogP contribution in [0.4, 0.5) is 8.78 Å². The third-order valence-electron chi connectivity index (χ3n) is 2.06. The van der Waals surface area contributed by atoms with Crippen molar-refractivity contribution >= 4 is 0 Å². The van der Waals surface area contributed by atoms with E-state index in [2.05, 4.69) is 0 Å². The molecule has 4 heteroatoms. The van der Waals surface area contributed by atoms with Crippen molar-refractivity contribution in [2.45, 2.75) is 19.4 Å². The Balaban J connectivity index is 2.64. The van der Waals surface area contributed by atoms with Gasteiger partial charge in [0.05, 0.1) is 6.10 Å². The molecular weight excluding hydrogens is 202 g/mol. The molecule has 0 radical (unpaired) electrons. The van der Waals surface area contributed by atoms with Crippen molar-refractivity contribution in [3.8, 4) is 0 Å². The molecule has 0 aromatic heterocycles. The Kier molecular flexibility index (Phi) is 4.65. The lowest BCUT2D eigenvalue weighted by molar-refractivity contribution is 0.0867. The monoisotopic (exact) mass is 216 g/mol. The Labute approximate surface area is 87.5 Å². The van der Waals surface area contributed by atoms with Crippen LogP contribution in [0.3, 0.4) is 0 Å². The Morgan fingerprint density at radius 2 is 2.13 bits per heavy atom. The minimum Gasteiger partial charge on any atom is -0.388 e. The van der Waals surface area contributed by atoms with Crippen molar-refractivity contribution in [2.24, 2.45) is 0 Å². The highest BCUT2D eigenvalue weighted by Gasteiger charge is 2.13. The zero-order valence-corrected chi connectivity index (χ0v) is 8.54. The summed E-state index contributed by atoms with van der Waals surface area (Å²) < 4.78 is 31.0. The molecule has 0 heterocycles. The normalized spacial score (nSPS) is 12.8. The Morgan fingerprint density at radius 3 is 2.80 bits per heavy atom. The van der Waals surface area contributed by atoms with Crippen molar-refractivity contribution in [3.63, 3.8) is 0 Å². The first-order valence-electron chi connectivity index (χ1n) is 4.86. The number of aliphatic hydroxyl groups is 1. The zero-order chi connectivity index (χ0) is 11.3. The molecule has 1 unspecified atom stereocenters. The number of benzene rings is 1. The van der Waals surface area contributed by atoms with Gasteiger partial charge in [0.15, 0.2) is 0 Å². The summed E-state index contributed by atoms with van der Waals surface area (Å²) in [5, 5.41) is 9.57. The topological polar surface area (TPSA) is 29.5 Å². The summed E-state index contributed by atoms with van der Waals surface area (Å²) in [6.07, 6.45) is -0.763. The highest BCUT2D eigenvalue weighted by molar-refractivity contribution is 5.20. The third-order valence-corrected chi connectivity index (χ3v) is 2.06. The van der Waals surface area contributed by atoms with Crippen LogP contribution in [0, 0.1) is 11.6 Å². The minimum absolute atomic E-state index is 0.0188. The van der Waals surface area contributed by atoms with Gasteiger partial charge in [-0.2, -0.15) is 0 Å². The summed E-state index contributed by atoms with van der Waals surface area (Å²) in [5.74, 6) is -1.15. The standard InChI is InChI=1S/C11H14F2O2/c1-2-15-6-5-11(14)9-7-8(12)3-4-10(9)13/h3-4,7,11,14H,2,5-6H2,1H3. The lowest BCUT2D eigenvalue weighted by Crippen LogP contribution is -2.05. The Morgan fingerprint density at radius 1 is 1.40 bits per heavy atom. The molecular formula is C11H14F2O2. The lowest BCUT2D eigenvalue weighted by Gasteiger charge is -2.11. The summed E-state index contributed by atoms with van der Waals surface area (Å²) in [7, 11) is 0. The van der Waals surface area contributed by atoms with E-state index in [-0.39, 0.29) is 12.0 Å². The van der Waals surface area contributed by atoms with Gasteiger partial charge in [0.1, 0.15) is 11.6 Å². The van der Waals surface area contributed by atoms with E-state index in [9.17, 15) is 13.9 Å². The van der Waals surface area contributed by atoms with Crippen molar-refractivity contribution in [1.29, 1.82) is 0 Å². The summed E-state index contributed by atoms with van der Waals surface area (Å²) >= 11 is 0. The van der Waals surface area contributed by atoms with E-state index >= 15 is 0 Å². The van der Waals surface area contributed by atoms with Crippen LogP contribution in [-0.2, 0) is 4.74 Å². The van der Waals surface area contributed by atoms with Crippen molar-refractivity contribution in [3.05, 3.63) is 35.4 Å². The average Bonchev–Trinajstić information content (AvgIpc) is 2.22. The first-order valence-corrected chi connectivity index (χ1v) is 4.86. The molecule has 0 bridgehead atoms. The van der Waals surface area contributed by atoms with Gasteiger partial charge in [0, 0.05) is 25.2 Å². The SMILES string of the molecule is CCOCCC(O)c1cc(F)ccc1F. The highest BCUT2D eigenvalue weighted by atomic mass is 19.1. The van der Waals surface area contributed by atoms with Gasteiger partial charge < -0.3 is 9.84 Å². The van der Waals surface area contributed by atoms with Crippen LogP contribution in [0.15, 0.2) is 18.2 Å². The van der Waals surface area contributed by atoms with Crippen molar-refractivity contribution in [1.82, 2.24) is 0 Å². The van der Waals surface area contributed by atoms with Crippen LogP contribution in [0.25, 0.3) is 0 Å². The maximum atomic E-state index is 13.2. The van der Waals surface area contributed by atoms with Gasteiger partial charge in [0.25, 0.3) is 0 Å². The molecule has 1 atom stereocenters. The van der Waals surface area contributed by atoms with Gasteiger partial charge in [-0.25, -0.2) is 8.78 Å². The predicted octanol–water partition coefficient (Wildman–Crippen LogP) is 2.42. The molecule has 1 aromatic rings. The largest absolute Gasteiger partial charge is 0.388 e. The molecule has 0 fully saturated rings. The summed E-state index contributed by atoms with van der Waals surface area (Å²) in [6.45, 7) is 2.70. The number of hydrogen-bond acceptors (Lipinski definition) is 2. The fraction of sp³-hybridized carbons (Fsp3) is 0.455. The molecule has 0 aliphatic heterocycles. The van der Waals surface area contributed by atoms with E-state index in [1.807, 2.05) is 6.92 Å². The molecule has 0 amide bonds. The molecule has 2 nitrogen and oxygen atoms in total. The highest BCUT2D eigenvalue weighted by Crippen LogP contribution is 2.20. The maximum Gasteiger partial charge on any atom is 0.129 e. The van der Waals surface area contributed by atoms with E-state index in [0.29, 0.717) is 13.2 Å². The minimum atomic E-state index is -1.02. The van der Waals surface area contributed by atoms with Crippen LogP contribution < -0.4 is 0 Å². The number of hydrogen-bond donors (Lipinski definition) is 1. The van der Waals surface area contributed by atoms with Gasteiger partial charge in [-0.05, 0) is 25.1 Å². The molecule has 84 valence electrons. The van der Waals surface area contributed by atoms with E-state index in [1.165, 1.54) is 0 Å². The summed E-state index contributed by atoms with van der Waals surface area (Å²) in [4.78, 5) is 0. The number of rotatable bonds is 5. The van der Waals surface area contributed by atoms with Gasteiger partial charge in [-0.15, -0.1) is 0 Å². The number of halogens is 2. The zero-order valence-electron chi connectivity index (χ0n) is 8.54. The molecule has 1 aromatic carbocycles. The van der Waals surface area contributed by atoms with Gasteiger partial charge in [-0.1, -0.05) is 0 Å². The van der Waals surface area contributed by atoms with Crippen molar-refractivity contribution in [2.75, 3.05) is 13.2 Å². The molecule has 0 aliphatic rings. The van der Waals surface area contributed by atoms with Crippen LogP contribution in [0.5, 0.6) is 0 Å². The number of aliphatic hydroxyl groups excluding tert-OH is 1. The van der Waals surface area contributed by atoms with E-state index in [1.54, 1.807) is 0 Å². The third kappa shape index (κ3) is 3.57. The van der Waals surface area contributed by atoms with E-state index in [4.69, 9.17) is 4.74 Å². The first-order chi connectivity index (χ1) is 7.15. The Bertz CT molecular complexity index is 315. The quantitative estimate of drug-likeness (QED) is 0.766. The van der Waals surface area contributed by atoms with E-state index < -0.39 is 17.7 Å². The second-order valence-electron chi connectivity index (χ2n) is 3.17. The molecule has 0 saturated carbocycles. The second kappa shape index (κ2) is 5.78. The fourth-order valence-corrected chi connectivity index (χ4v) is 1.26. The molecule has 0 aliphatic carbocycles. The van der Waals surface area contributed by atoms with Crippen LogP contribution >= 0.6 is 0 Å². The fourth-order valence-electron chi connectivity index (χ4n) is 1.26. The summed E-state index contributed by atoms with van der Waals surface area (Å²) in [6, 6.07) is 3.04. The number of ether oxygens (including phenoxy) is 1. The molecule has 15 heavy (non-hydrogen) atoms. The van der Waals surface area contributed by atoms with E-state index in [0.717, 1.165) is 18.2 Å². The lowest BCUT2D eigenvalue weighted by atomic mass is 10.1. The first kappa shape index (κ1) is 12.1. The molecule has 0 saturated heterocycles. The van der Waals surface area contributed by atoms with Gasteiger partial charge >= 0.3 is 0 Å². The Hall–Kier alpha value is -1.00. The van der Waals surface area contributed by atoms with Gasteiger partial charge in [0.2, 0.25) is 0 Å².